The van der Waals surface area contributed by atoms with E-state index in [1.54, 1.807) is 0 Å². The molecule has 0 unspecified atom stereocenters. The zero-order chi connectivity index (χ0) is 9.90. The number of nitrogens with one attached hydrogen (secondary N) is 1. The third-order valence-corrected chi connectivity index (χ3v) is 3.28. The molecule has 1 rings (SSSR count). The van der Waals surface area contributed by atoms with E-state index in [0.717, 1.165) is 18.8 Å². The second-order valence-corrected chi connectivity index (χ2v) is 5.40. The highest BCUT2D eigenvalue weighted by molar-refractivity contribution is 7.87. The number of hydrogen-bond donors (Lipinski definition) is 2. The van der Waals surface area contributed by atoms with Gasteiger partial charge in [-0.15, -0.1) is 0 Å². The highest BCUT2D eigenvalue weighted by Crippen LogP contribution is 2.27. The molecule has 1 aliphatic carbocycles. The standard InChI is InChI=1S/C8H18N2O2S/c1-7-2-4-8(5-3-7)6-10-13(9,11)12/h7-8,10H,2-6H2,1H3,(H2,9,11,12)/t7-,8+. The van der Waals surface area contributed by atoms with Crippen LogP contribution in [0.4, 0.5) is 0 Å². The molecule has 0 heterocycles. The van der Waals surface area contributed by atoms with Gasteiger partial charge in [0, 0.05) is 6.54 Å². The Kier molecular flexibility index (Phi) is 3.70. The summed E-state index contributed by atoms with van der Waals surface area (Å²) in [6, 6.07) is 0. The van der Waals surface area contributed by atoms with Crippen molar-refractivity contribution in [1.29, 1.82) is 0 Å². The lowest BCUT2D eigenvalue weighted by atomic mass is 9.83. The molecule has 1 aliphatic rings. The first-order valence-electron chi connectivity index (χ1n) is 4.75. The van der Waals surface area contributed by atoms with Crippen LogP contribution in [-0.4, -0.2) is 15.0 Å². The molecule has 0 bridgehead atoms. The van der Waals surface area contributed by atoms with Gasteiger partial charge in [0.05, 0.1) is 0 Å². The molecule has 1 fully saturated rings. The molecule has 78 valence electrons. The van der Waals surface area contributed by atoms with Crippen LogP contribution in [0.3, 0.4) is 0 Å². The van der Waals surface area contributed by atoms with E-state index >= 15 is 0 Å². The van der Waals surface area contributed by atoms with Crippen LogP contribution in [0, 0.1) is 11.8 Å². The van der Waals surface area contributed by atoms with Crippen LogP contribution in [0.15, 0.2) is 0 Å². The van der Waals surface area contributed by atoms with Crippen LogP contribution < -0.4 is 9.86 Å². The van der Waals surface area contributed by atoms with Gasteiger partial charge in [-0.25, -0.2) is 9.86 Å². The largest absolute Gasteiger partial charge is 0.274 e. The average Bonchev–Trinajstić information content (AvgIpc) is 2.02. The highest BCUT2D eigenvalue weighted by Gasteiger charge is 2.18. The second-order valence-electron chi connectivity index (χ2n) is 4.02. The van der Waals surface area contributed by atoms with Gasteiger partial charge in [0.25, 0.3) is 10.2 Å². The van der Waals surface area contributed by atoms with Crippen LogP contribution in [0.25, 0.3) is 0 Å². The molecule has 1 saturated carbocycles. The van der Waals surface area contributed by atoms with Crippen molar-refractivity contribution in [3.8, 4) is 0 Å². The van der Waals surface area contributed by atoms with Crippen molar-refractivity contribution in [3.63, 3.8) is 0 Å². The van der Waals surface area contributed by atoms with Gasteiger partial charge in [0.2, 0.25) is 0 Å². The summed E-state index contributed by atoms with van der Waals surface area (Å²) in [6.07, 6.45) is 4.64. The quantitative estimate of drug-likeness (QED) is 0.710. The molecule has 13 heavy (non-hydrogen) atoms. The molecule has 0 spiro atoms. The van der Waals surface area contributed by atoms with Crippen molar-refractivity contribution >= 4 is 10.2 Å². The third kappa shape index (κ3) is 4.59. The van der Waals surface area contributed by atoms with Crippen LogP contribution >= 0.6 is 0 Å². The van der Waals surface area contributed by atoms with Crippen molar-refractivity contribution in [2.45, 2.75) is 32.6 Å². The third-order valence-electron chi connectivity index (χ3n) is 2.71. The monoisotopic (exact) mass is 206 g/mol. The maximum Gasteiger partial charge on any atom is 0.274 e. The average molecular weight is 206 g/mol. The first kappa shape index (κ1) is 10.9. The Labute approximate surface area is 80.1 Å². The summed E-state index contributed by atoms with van der Waals surface area (Å²) < 4.78 is 23.6. The number of hydrogen-bond acceptors (Lipinski definition) is 2. The lowest BCUT2D eigenvalue weighted by Gasteiger charge is -2.25. The molecule has 0 aromatic heterocycles. The van der Waals surface area contributed by atoms with E-state index in [9.17, 15) is 8.42 Å². The zero-order valence-electron chi connectivity index (χ0n) is 7.99. The minimum Gasteiger partial charge on any atom is -0.216 e. The minimum absolute atomic E-state index is 0.481. The molecular weight excluding hydrogens is 188 g/mol. The minimum atomic E-state index is -3.49. The summed E-state index contributed by atoms with van der Waals surface area (Å²) in [6.45, 7) is 2.74. The van der Waals surface area contributed by atoms with Crippen molar-refractivity contribution < 1.29 is 8.42 Å². The smallest absolute Gasteiger partial charge is 0.216 e. The van der Waals surface area contributed by atoms with Crippen molar-refractivity contribution in [1.82, 2.24) is 4.72 Å². The van der Waals surface area contributed by atoms with E-state index in [4.69, 9.17) is 5.14 Å². The summed E-state index contributed by atoms with van der Waals surface area (Å²) in [5.41, 5.74) is 0. The lowest BCUT2D eigenvalue weighted by Crippen LogP contribution is -2.35. The van der Waals surface area contributed by atoms with Crippen LogP contribution in [0.5, 0.6) is 0 Å². The molecular formula is C8H18N2O2S. The fourth-order valence-corrected chi connectivity index (χ4v) is 2.24. The molecule has 0 amide bonds. The van der Waals surface area contributed by atoms with Gasteiger partial charge >= 0.3 is 0 Å². The molecule has 0 radical (unpaired) electrons. The summed E-state index contributed by atoms with van der Waals surface area (Å²) in [4.78, 5) is 0. The number of rotatable bonds is 3. The molecule has 0 aromatic carbocycles. The van der Waals surface area contributed by atoms with Gasteiger partial charge in [-0.05, 0) is 24.7 Å². The van der Waals surface area contributed by atoms with Gasteiger partial charge in [-0.2, -0.15) is 8.42 Å². The summed E-state index contributed by atoms with van der Waals surface area (Å²) >= 11 is 0. The van der Waals surface area contributed by atoms with Gasteiger partial charge in [-0.3, -0.25) is 0 Å². The molecule has 4 nitrogen and oxygen atoms in total. The van der Waals surface area contributed by atoms with Gasteiger partial charge in [-0.1, -0.05) is 19.8 Å². The normalized spacial score (nSPS) is 30.3. The van der Waals surface area contributed by atoms with Crippen molar-refractivity contribution in [2.24, 2.45) is 17.0 Å². The summed E-state index contributed by atoms with van der Waals surface area (Å²) in [5, 5.41) is 4.84. The maximum absolute atomic E-state index is 10.6. The highest BCUT2D eigenvalue weighted by atomic mass is 32.2. The Morgan fingerprint density at radius 1 is 1.31 bits per heavy atom. The van der Waals surface area contributed by atoms with Crippen LogP contribution in [0.2, 0.25) is 0 Å². The van der Waals surface area contributed by atoms with E-state index in [0.29, 0.717) is 12.5 Å². The van der Waals surface area contributed by atoms with Crippen molar-refractivity contribution in [3.05, 3.63) is 0 Å². The van der Waals surface area contributed by atoms with E-state index in [2.05, 4.69) is 11.6 Å². The molecule has 0 aromatic rings. The Balaban J connectivity index is 2.24. The topological polar surface area (TPSA) is 72.2 Å². The first-order valence-corrected chi connectivity index (χ1v) is 6.29. The molecule has 5 heteroatoms. The fraction of sp³-hybridized carbons (Fsp3) is 1.00. The zero-order valence-corrected chi connectivity index (χ0v) is 8.81. The van der Waals surface area contributed by atoms with Gasteiger partial charge in [0.1, 0.15) is 0 Å². The molecule has 3 N–H and O–H groups in total. The lowest BCUT2D eigenvalue weighted by molar-refractivity contribution is 0.290. The Morgan fingerprint density at radius 3 is 2.31 bits per heavy atom. The predicted octanol–water partition coefficient (Wildman–Crippen LogP) is 0.606. The second kappa shape index (κ2) is 4.39. The van der Waals surface area contributed by atoms with Gasteiger partial charge < -0.3 is 0 Å². The molecule has 0 aliphatic heterocycles. The number of nitrogens with two attached hydrogens (primary N) is 1. The first-order chi connectivity index (χ1) is 5.97. The maximum atomic E-state index is 10.6. The summed E-state index contributed by atoms with van der Waals surface area (Å²) in [5.74, 6) is 1.28. The summed E-state index contributed by atoms with van der Waals surface area (Å²) in [7, 11) is -3.49. The van der Waals surface area contributed by atoms with E-state index < -0.39 is 10.2 Å². The Hall–Kier alpha value is -0.130. The van der Waals surface area contributed by atoms with Crippen LogP contribution in [-0.2, 0) is 10.2 Å². The molecule has 0 atom stereocenters. The van der Waals surface area contributed by atoms with Crippen LogP contribution in [0.1, 0.15) is 32.6 Å². The molecule has 0 saturated heterocycles. The van der Waals surface area contributed by atoms with E-state index in [1.165, 1.54) is 12.8 Å². The van der Waals surface area contributed by atoms with E-state index in [1.807, 2.05) is 0 Å². The Bertz CT molecular complexity index is 243. The van der Waals surface area contributed by atoms with E-state index in [-0.39, 0.29) is 0 Å². The SMILES string of the molecule is C[C@H]1CC[C@@H](CNS(N)(=O)=O)CC1. The predicted molar refractivity (Wildman–Crippen MR) is 52.2 cm³/mol. The Morgan fingerprint density at radius 2 is 1.85 bits per heavy atom. The van der Waals surface area contributed by atoms with Gasteiger partial charge in [0.15, 0.2) is 0 Å². The fourth-order valence-electron chi connectivity index (χ4n) is 1.77. The van der Waals surface area contributed by atoms with Crippen molar-refractivity contribution in [2.75, 3.05) is 6.54 Å².